The van der Waals surface area contributed by atoms with E-state index in [4.69, 9.17) is 0 Å². The van der Waals surface area contributed by atoms with Gasteiger partial charge in [0.25, 0.3) is 5.69 Å². The molecule has 7 heteroatoms. The van der Waals surface area contributed by atoms with Gasteiger partial charge in [-0.2, -0.15) is 0 Å². The highest BCUT2D eigenvalue weighted by molar-refractivity contribution is 7.84. The predicted molar refractivity (Wildman–Crippen MR) is 63.1 cm³/mol. The number of anilines is 1. The van der Waals surface area contributed by atoms with Crippen molar-refractivity contribution in [3.8, 4) is 0 Å². The van der Waals surface area contributed by atoms with Crippen molar-refractivity contribution in [2.24, 2.45) is 0 Å². The SMILES string of the molecule is Cc1cc(NCCS(C)=O)ncc1[N+](=O)[O-]. The molecule has 0 spiro atoms. The summed E-state index contributed by atoms with van der Waals surface area (Å²) in [6.07, 6.45) is 2.84. The quantitative estimate of drug-likeness (QED) is 0.618. The van der Waals surface area contributed by atoms with Crippen LogP contribution in [0.1, 0.15) is 5.56 Å². The molecule has 1 aromatic heterocycles. The molecule has 0 bridgehead atoms. The third-order valence-electron chi connectivity index (χ3n) is 1.98. The molecule has 0 saturated heterocycles. The van der Waals surface area contributed by atoms with Gasteiger partial charge in [0.2, 0.25) is 0 Å². The van der Waals surface area contributed by atoms with E-state index in [1.807, 2.05) is 0 Å². The van der Waals surface area contributed by atoms with E-state index in [0.717, 1.165) is 0 Å². The summed E-state index contributed by atoms with van der Waals surface area (Å²) in [5, 5.41) is 13.5. The Balaban J connectivity index is 2.66. The van der Waals surface area contributed by atoms with Gasteiger partial charge in [-0.25, -0.2) is 4.98 Å². The van der Waals surface area contributed by atoms with Crippen LogP contribution in [0, 0.1) is 17.0 Å². The van der Waals surface area contributed by atoms with Gasteiger partial charge in [-0.15, -0.1) is 0 Å². The van der Waals surface area contributed by atoms with Crippen molar-refractivity contribution < 1.29 is 9.13 Å². The van der Waals surface area contributed by atoms with Crippen LogP contribution in [-0.2, 0) is 10.8 Å². The number of nitrogens with zero attached hydrogens (tertiary/aromatic N) is 2. The number of aryl methyl sites for hydroxylation is 1. The fourth-order valence-corrected chi connectivity index (χ4v) is 1.55. The topological polar surface area (TPSA) is 85.1 Å². The zero-order valence-electron chi connectivity index (χ0n) is 9.10. The Labute approximate surface area is 95.7 Å². The van der Waals surface area contributed by atoms with E-state index in [1.165, 1.54) is 6.20 Å². The Morgan fingerprint density at radius 3 is 2.81 bits per heavy atom. The average Bonchev–Trinajstić information content (AvgIpc) is 2.16. The molecule has 1 aromatic rings. The summed E-state index contributed by atoms with van der Waals surface area (Å²) in [5.74, 6) is 1.09. The maximum Gasteiger partial charge on any atom is 0.290 e. The minimum Gasteiger partial charge on any atom is -0.369 e. The van der Waals surface area contributed by atoms with Crippen molar-refractivity contribution >= 4 is 22.3 Å². The van der Waals surface area contributed by atoms with Gasteiger partial charge < -0.3 is 5.32 Å². The smallest absolute Gasteiger partial charge is 0.290 e. The van der Waals surface area contributed by atoms with E-state index in [9.17, 15) is 14.3 Å². The van der Waals surface area contributed by atoms with Gasteiger partial charge in [0.05, 0.1) is 4.92 Å². The van der Waals surface area contributed by atoms with Crippen LogP contribution in [-0.4, -0.2) is 32.7 Å². The summed E-state index contributed by atoms with van der Waals surface area (Å²) in [7, 11) is -0.855. The van der Waals surface area contributed by atoms with Gasteiger partial charge in [-0.3, -0.25) is 14.3 Å². The average molecular weight is 243 g/mol. The van der Waals surface area contributed by atoms with Crippen molar-refractivity contribution in [2.75, 3.05) is 23.9 Å². The fourth-order valence-electron chi connectivity index (χ4n) is 1.16. The van der Waals surface area contributed by atoms with Crippen LogP contribution in [0.15, 0.2) is 12.3 Å². The zero-order valence-corrected chi connectivity index (χ0v) is 9.91. The largest absolute Gasteiger partial charge is 0.369 e. The highest BCUT2D eigenvalue weighted by Crippen LogP contribution is 2.18. The monoisotopic (exact) mass is 243 g/mol. The standard InChI is InChI=1S/C9H13N3O3S/c1-7-5-9(10-3-4-16(2)15)11-6-8(7)12(13)14/h5-6H,3-4H2,1-2H3,(H,10,11). The number of rotatable bonds is 5. The van der Waals surface area contributed by atoms with Crippen LogP contribution in [0.25, 0.3) is 0 Å². The maximum atomic E-state index is 10.8. The molecule has 1 atom stereocenters. The molecular weight excluding hydrogens is 230 g/mol. The second-order valence-electron chi connectivity index (χ2n) is 3.32. The molecule has 0 aliphatic rings. The van der Waals surface area contributed by atoms with Gasteiger partial charge in [-0.05, 0) is 13.0 Å². The molecular formula is C9H13N3O3S. The summed E-state index contributed by atoms with van der Waals surface area (Å²) < 4.78 is 10.8. The molecule has 88 valence electrons. The number of pyridine rings is 1. The third kappa shape index (κ3) is 3.58. The van der Waals surface area contributed by atoms with Gasteiger partial charge in [-0.1, -0.05) is 0 Å². The molecule has 6 nitrogen and oxygen atoms in total. The molecule has 0 amide bonds. The Bertz CT molecular complexity index is 422. The number of nitrogens with one attached hydrogen (secondary N) is 1. The number of hydrogen-bond donors (Lipinski definition) is 1. The zero-order chi connectivity index (χ0) is 12.1. The molecule has 1 unspecified atom stereocenters. The van der Waals surface area contributed by atoms with Crippen LogP contribution in [0.2, 0.25) is 0 Å². The molecule has 0 fully saturated rings. The molecule has 0 radical (unpaired) electrons. The van der Waals surface area contributed by atoms with E-state index in [-0.39, 0.29) is 5.69 Å². The predicted octanol–water partition coefficient (Wildman–Crippen LogP) is 1.09. The Morgan fingerprint density at radius 1 is 1.62 bits per heavy atom. The summed E-state index contributed by atoms with van der Waals surface area (Å²) in [5.41, 5.74) is 0.560. The lowest BCUT2D eigenvalue weighted by atomic mass is 10.2. The molecule has 16 heavy (non-hydrogen) atoms. The minimum absolute atomic E-state index is 0.00428. The highest BCUT2D eigenvalue weighted by Gasteiger charge is 2.10. The Kier molecular flexibility index (Phi) is 4.36. The molecule has 1 rings (SSSR count). The van der Waals surface area contributed by atoms with Gasteiger partial charge in [0, 0.05) is 34.9 Å². The maximum absolute atomic E-state index is 10.8. The molecule has 1 N–H and O–H groups in total. The Hall–Kier alpha value is -1.50. The minimum atomic E-state index is -0.855. The van der Waals surface area contributed by atoms with Gasteiger partial charge >= 0.3 is 0 Å². The first-order chi connectivity index (χ1) is 7.50. The van der Waals surface area contributed by atoms with Crippen LogP contribution in [0.5, 0.6) is 0 Å². The lowest BCUT2D eigenvalue weighted by Crippen LogP contribution is -2.11. The summed E-state index contributed by atoms with van der Waals surface area (Å²) in [6, 6.07) is 1.61. The van der Waals surface area contributed by atoms with Crippen molar-refractivity contribution in [1.82, 2.24) is 4.98 Å². The first-order valence-electron chi connectivity index (χ1n) is 4.65. The van der Waals surface area contributed by atoms with E-state index < -0.39 is 15.7 Å². The van der Waals surface area contributed by atoms with Crippen LogP contribution in [0.4, 0.5) is 11.5 Å². The number of hydrogen-bond acceptors (Lipinski definition) is 5. The number of aromatic nitrogens is 1. The van der Waals surface area contributed by atoms with E-state index in [0.29, 0.717) is 23.7 Å². The van der Waals surface area contributed by atoms with E-state index in [1.54, 1.807) is 19.2 Å². The summed E-state index contributed by atoms with van der Waals surface area (Å²) in [4.78, 5) is 14.0. The first-order valence-corrected chi connectivity index (χ1v) is 6.38. The van der Waals surface area contributed by atoms with Crippen LogP contribution < -0.4 is 5.32 Å². The second kappa shape index (κ2) is 5.55. The Morgan fingerprint density at radius 2 is 2.31 bits per heavy atom. The first kappa shape index (κ1) is 12.6. The molecule has 0 saturated carbocycles. The summed E-state index contributed by atoms with van der Waals surface area (Å²) >= 11 is 0. The van der Waals surface area contributed by atoms with E-state index >= 15 is 0 Å². The van der Waals surface area contributed by atoms with Crippen molar-refractivity contribution in [2.45, 2.75) is 6.92 Å². The van der Waals surface area contributed by atoms with E-state index in [2.05, 4.69) is 10.3 Å². The fraction of sp³-hybridized carbons (Fsp3) is 0.444. The third-order valence-corrected chi connectivity index (χ3v) is 2.75. The lowest BCUT2D eigenvalue weighted by molar-refractivity contribution is -0.385. The lowest BCUT2D eigenvalue weighted by Gasteiger charge is -2.04. The van der Waals surface area contributed by atoms with Crippen LogP contribution >= 0.6 is 0 Å². The van der Waals surface area contributed by atoms with Gasteiger partial charge in [0.1, 0.15) is 12.0 Å². The molecule has 1 heterocycles. The van der Waals surface area contributed by atoms with Crippen LogP contribution in [0.3, 0.4) is 0 Å². The molecule has 0 aliphatic heterocycles. The van der Waals surface area contributed by atoms with Gasteiger partial charge in [0.15, 0.2) is 0 Å². The van der Waals surface area contributed by atoms with Crippen molar-refractivity contribution in [3.05, 3.63) is 27.9 Å². The normalized spacial score (nSPS) is 12.1. The second-order valence-corrected chi connectivity index (χ2v) is 4.87. The molecule has 0 aliphatic carbocycles. The molecule has 0 aromatic carbocycles. The van der Waals surface area contributed by atoms with Crippen molar-refractivity contribution in [1.29, 1.82) is 0 Å². The summed E-state index contributed by atoms with van der Waals surface area (Å²) in [6.45, 7) is 2.19. The highest BCUT2D eigenvalue weighted by atomic mass is 32.2. The number of nitro groups is 1. The van der Waals surface area contributed by atoms with Crippen molar-refractivity contribution in [3.63, 3.8) is 0 Å².